The third kappa shape index (κ3) is 3.06. The Bertz CT molecular complexity index is 366. The summed E-state index contributed by atoms with van der Waals surface area (Å²) in [6, 6.07) is 4.90. The number of hydrogen-bond acceptors (Lipinski definition) is 4. The monoisotopic (exact) mass is 216 g/mol. The van der Waals surface area contributed by atoms with Gasteiger partial charge in [-0.3, -0.25) is 0 Å². The fraction of sp³-hybridized carbons (Fsp3) is 0.200. The number of hydrogen-bond donors (Lipinski definition) is 0. The zero-order valence-corrected chi connectivity index (χ0v) is 10.9. The Balaban J connectivity index is 3.16. The van der Waals surface area contributed by atoms with Crippen molar-refractivity contribution in [3.05, 3.63) is 29.3 Å². The van der Waals surface area contributed by atoms with Gasteiger partial charge in [0.1, 0.15) is 0 Å². The molecule has 0 aliphatic heterocycles. The van der Waals surface area contributed by atoms with Crippen molar-refractivity contribution in [3.8, 4) is 0 Å². The maximum absolute atomic E-state index is 11.3. The molecule has 0 fully saturated rings. The molecule has 0 saturated heterocycles. The number of benzene rings is 1. The minimum absolute atomic E-state index is 0.380. The number of ether oxygens (including phenoxy) is 2. The summed E-state index contributed by atoms with van der Waals surface area (Å²) in [4.78, 5) is 22.5. The summed E-state index contributed by atoms with van der Waals surface area (Å²) in [6.45, 7) is 0. The minimum atomic E-state index is -0.446. The van der Waals surface area contributed by atoms with Gasteiger partial charge in [-0.15, -0.1) is 0 Å². The molecular weight excluding hydrogens is 207 g/mol. The van der Waals surface area contributed by atoms with Crippen LogP contribution in [0.1, 0.15) is 20.7 Å². The van der Waals surface area contributed by atoms with Gasteiger partial charge in [0.25, 0.3) is 0 Å². The Kier molecular flexibility index (Phi) is 4.32. The van der Waals surface area contributed by atoms with Crippen LogP contribution in [0.25, 0.3) is 0 Å². The van der Waals surface area contributed by atoms with E-state index in [0.29, 0.717) is 11.1 Å². The van der Waals surface area contributed by atoms with E-state index in [1.54, 1.807) is 12.1 Å². The van der Waals surface area contributed by atoms with Crippen LogP contribution in [0.3, 0.4) is 0 Å². The Hall–Kier alpha value is -0.840. The number of carbonyl (C=O) groups is 2. The predicted octanol–water partition coefficient (Wildman–Crippen LogP) is 0.0536. The fourth-order valence-electron chi connectivity index (χ4n) is 1.25. The standard InChI is InChI=1S/C10H9O4.Na/c1-13-9(11)7-4-3-5-8(6-7)10(12)14-2;/h4-6H,1-2H3;. The van der Waals surface area contributed by atoms with Gasteiger partial charge in [0.2, 0.25) is 0 Å². The number of carbonyl (C=O) groups excluding carboxylic acids is 2. The van der Waals surface area contributed by atoms with Crippen LogP contribution in [-0.2, 0) is 9.47 Å². The van der Waals surface area contributed by atoms with E-state index in [1.165, 1.54) is 20.3 Å². The second-order valence-electron chi connectivity index (χ2n) is 3.07. The summed E-state index contributed by atoms with van der Waals surface area (Å²) in [6.07, 6.45) is 0. The second kappa shape index (κ2) is 5.30. The van der Waals surface area contributed by atoms with Gasteiger partial charge in [-0.25, -0.2) is 0 Å². The summed E-state index contributed by atoms with van der Waals surface area (Å²) in [5.41, 5.74) is 0.760. The van der Waals surface area contributed by atoms with Crippen molar-refractivity contribution in [2.75, 3.05) is 14.2 Å². The third-order valence-corrected chi connectivity index (χ3v) is 2.50. The zero-order chi connectivity index (χ0) is 11.4. The van der Waals surface area contributed by atoms with E-state index in [4.69, 9.17) is 0 Å². The molecular formula is C10H9NaO4. The van der Waals surface area contributed by atoms with Gasteiger partial charge >= 0.3 is 105 Å². The molecule has 0 radical (unpaired) electrons. The van der Waals surface area contributed by atoms with Gasteiger partial charge in [-0.2, -0.15) is 0 Å². The van der Waals surface area contributed by atoms with Crippen molar-refractivity contribution in [1.82, 2.24) is 0 Å². The topological polar surface area (TPSA) is 52.6 Å². The third-order valence-electron chi connectivity index (χ3n) is 1.92. The predicted molar refractivity (Wildman–Crippen MR) is 54.5 cm³/mol. The molecule has 15 heavy (non-hydrogen) atoms. The SMILES string of the molecule is COC(=O)c1c[c]([Na])cc(C(=O)OC)c1. The molecule has 0 N–H and O–H groups in total. The first-order valence-electron chi connectivity index (χ1n) is 4.37. The molecule has 0 amide bonds. The zero-order valence-electron chi connectivity index (χ0n) is 8.87. The van der Waals surface area contributed by atoms with Crippen molar-refractivity contribution in [2.24, 2.45) is 0 Å². The fourth-order valence-corrected chi connectivity index (χ4v) is 1.88. The number of esters is 2. The van der Waals surface area contributed by atoms with Crippen LogP contribution in [0.2, 0.25) is 0 Å². The van der Waals surface area contributed by atoms with Crippen LogP contribution < -0.4 is 2.81 Å². The normalized spacial score (nSPS) is 9.60. The molecule has 0 heterocycles. The van der Waals surface area contributed by atoms with Gasteiger partial charge in [0.05, 0.1) is 0 Å². The molecule has 0 atom stereocenters. The molecule has 0 aliphatic carbocycles. The summed E-state index contributed by atoms with van der Waals surface area (Å²) in [5, 5.41) is 0. The van der Waals surface area contributed by atoms with E-state index in [2.05, 4.69) is 9.47 Å². The Morgan fingerprint density at radius 1 is 1.00 bits per heavy atom. The van der Waals surface area contributed by atoms with Gasteiger partial charge in [-0.1, -0.05) is 0 Å². The van der Waals surface area contributed by atoms with Crippen LogP contribution >= 0.6 is 0 Å². The quantitative estimate of drug-likeness (QED) is 0.518. The summed E-state index contributed by atoms with van der Waals surface area (Å²) in [5.74, 6) is -0.893. The molecule has 0 aromatic heterocycles. The van der Waals surface area contributed by atoms with E-state index in [9.17, 15) is 9.59 Å². The van der Waals surface area contributed by atoms with Crippen LogP contribution in [0.15, 0.2) is 18.2 Å². The Morgan fingerprint density at radius 3 is 1.73 bits per heavy atom. The second-order valence-corrected chi connectivity index (χ2v) is 4.23. The molecule has 74 valence electrons. The van der Waals surface area contributed by atoms with Crippen molar-refractivity contribution in [3.63, 3.8) is 0 Å². The van der Waals surface area contributed by atoms with E-state index in [0.717, 1.165) is 30.7 Å². The molecule has 0 aliphatic rings. The van der Waals surface area contributed by atoms with Crippen molar-refractivity contribution < 1.29 is 19.1 Å². The Morgan fingerprint density at radius 2 is 1.40 bits per heavy atom. The molecule has 0 saturated carbocycles. The molecule has 5 heteroatoms. The van der Waals surface area contributed by atoms with E-state index >= 15 is 0 Å². The molecule has 1 aromatic carbocycles. The van der Waals surface area contributed by atoms with Crippen LogP contribution in [0, 0.1) is 0 Å². The van der Waals surface area contributed by atoms with E-state index in [1.807, 2.05) is 0 Å². The molecule has 4 nitrogen and oxygen atoms in total. The first-order valence-corrected chi connectivity index (χ1v) is 5.37. The maximum atomic E-state index is 11.3. The molecule has 1 aromatic rings. The van der Waals surface area contributed by atoms with E-state index < -0.39 is 11.9 Å². The van der Waals surface area contributed by atoms with Crippen LogP contribution in [-0.4, -0.2) is 54.1 Å². The van der Waals surface area contributed by atoms with Crippen LogP contribution in [0.4, 0.5) is 0 Å². The van der Waals surface area contributed by atoms with Gasteiger partial charge in [-0.05, 0) is 0 Å². The first kappa shape index (κ1) is 12.2. The van der Waals surface area contributed by atoms with Crippen molar-refractivity contribution in [2.45, 2.75) is 0 Å². The van der Waals surface area contributed by atoms with Crippen LogP contribution in [0.5, 0.6) is 0 Å². The average molecular weight is 216 g/mol. The molecule has 0 unspecified atom stereocenters. The first-order chi connectivity index (χ1) is 7.08. The molecule has 0 bridgehead atoms. The number of methoxy groups -OCH3 is 2. The van der Waals surface area contributed by atoms with Gasteiger partial charge < -0.3 is 0 Å². The van der Waals surface area contributed by atoms with Crippen molar-refractivity contribution in [1.29, 1.82) is 0 Å². The van der Waals surface area contributed by atoms with Gasteiger partial charge in [0, 0.05) is 0 Å². The Labute approximate surface area is 105 Å². The van der Waals surface area contributed by atoms with Gasteiger partial charge in [0.15, 0.2) is 0 Å². The van der Waals surface area contributed by atoms with E-state index in [-0.39, 0.29) is 0 Å². The number of rotatable bonds is 2. The summed E-state index contributed by atoms with van der Waals surface area (Å²) in [7, 11) is 2.61. The van der Waals surface area contributed by atoms with Crippen molar-refractivity contribution >= 4 is 42.7 Å². The molecule has 1 rings (SSSR count). The average Bonchev–Trinajstić information content (AvgIpc) is 2.26. The summed E-state index contributed by atoms with van der Waals surface area (Å²) < 4.78 is 10.1. The molecule has 0 spiro atoms. The summed E-state index contributed by atoms with van der Waals surface area (Å²) >= 11 is 0.752.